The van der Waals surface area contributed by atoms with E-state index in [1.54, 1.807) is 6.92 Å². The van der Waals surface area contributed by atoms with Crippen molar-refractivity contribution in [3.05, 3.63) is 64.9 Å². The first-order chi connectivity index (χ1) is 13.9. The zero-order chi connectivity index (χ0) is 20.8. The fourth-order valence-corrected chi connectivity index (χ4v) is 3.63. The molecule has 1 saturated heterocycles. The molecule has 2 N–H and O–H groups in total. The maximum atomic E-state index is 13.9. The molecular weight excluding hydrogens is 393 g/mol. The Labute approximate surface area is 175 Å². The van der Waals surface area contributed by atoms with Crippen LogP contribution in [0.2, 0.25) is 5.02 Å². The molecule has 154 valence electrons. The molecule has 0 bridgehead atoms. The van der Waals surface area contributed by atoms with Gasteiger partial charge in [0.05, 0.1) is 11.7 Å². The molecule has 0 saturated carbocycles. The van der Waals surface area contributed by atoms with Crippen molar-refractivity contribution in [2.45, 2.75) is 32.4 Å². The molecule has 2 aromatic rings. The van der Waals surface area contributed by atoms with Gasteiger partial charge in [-0.3, -0.25) is 14.5 Å². The SMILES string of the molecule is C[C@H](C(=O)Nc1ccc(Cl)cc1F)N1CCC(C(=O)NCc2ccccc2)CC1. The van der Waals surface area contributed by atoms with Gasteiger partial charge in [0.15, 0.2) is 0 Å². The second kappa shape index (κ2) is 9.85. The first kappa shape index (κ1) is 21.3. The fraction of sp³-hybridized carbons (Fsp3) is 0.364. The lowest BCUT2D eigenvalue weighted by molar-refractivity contribution is -0.127. The van der Waals surface area contributed by atoms with E-state index >= 15 is 0 Å². The summed E-state index contributed by atoms with van der Waals surface area (Å²) >= 11 is 5.74. The lowest BCUT2D eigenvalue weighted by atomic mass is 9.94. The Morgan fingerprint density at radius 1 is 1.17 bits per heavy atom. The Morgan fingerprint density at radius 2 is 1.86 bits per heavy atom. The first-order valence-corrected chi connectivity index (χ1v) is 10.1. The number of halogens is 2. The van der Waals surface area contributed by atoms with Crippen LogP contribution in [-0.4, -0.2) is 35.8 Å². The quantitative estimate of drug-likeness (QED) is 0.750. The van der Waals surface area contributed by atoms with Gasteiger partial charge in [-0.25, -0.2) is 4.39 Å². The topological polar surface area (TPSA) is 61.4 Å². The number of piperidine rings is 1. The van der Waals surface area contributed by atoms with Gasteiger partial charge in [0.25, 0.3) is 0 Å². The minimum atomic E-state index is -0.563. The van der Waals surface area contributed by atoms with Crippen LogP contribution in [0.15, 0.2) is 48.5 Å². The molecule has 0 unspecified atom stereocenters. The lowest BCUT2D eigenvalue weighted by Gasteiger charge is -2.34. The van der Waals surface area contributed by atoms with E-state index < -0.39 is 11.9 Å². The number of benzene rings is 2. The van der Waals surface area contributed by atoms with E-state index in [1.807, 2.05) is 35.2 Å². The average Bonchev–Trinajstić information content (AvgIpc) is 2.74. The van der Waals surface area contributed by atoms with Gasteiger partial charge >= 0.3 is 0 Å². The number of amides is 2. The number of nitrogens with zero attached hydrogens (tertiary/aromatic N) is 1. The summed E-state index contributed by atoms with van der Waals surface area (Å²) in [6.07, 6.45) is 1.38. The number of nitrogens with one attached hydrogen (secondary N) is 2. The number of hydrogen-bond acceptors (Lipinski definition) is 3. The highest BCUT2D eigenvalue weighted by Crippen LogP contribution is 2.22. The number of hydrogen-bond donors (Lipinski definition) is 2. The average molecular weight is 418 g/mol. The van der Waals surface area contributed by atoms with E-state index in [1.165, 1.54) is 18.2 Å². The highest BCUT2D eigenvalue weighted by Gasteiger charge is 2.30. The van der Waals surface area contributed by atoms with Crippen molar-refractivity contribution in [1.82, 2.24) is 10.2 Å². The number of carbonyl (C=O) groups is 2. The van der Waals surface area contributed by atoms with Crippen molar-refractivity contribution in [2.75, 3.05) is 18.4 Å². The van der Waals surface area contributed by atoms with E-state index in [0.717, 1.165) is 5.56 Å². The summed E-state index contributed by atoms with van der Waals surface area (Å²) in [7, 11) is 0. The molecule has 1 heterocycles. The summed E-state index contributed by atoms with van der Waals surface area (Å²) in [6, 6.07) is 13.5. The largest absolute Gasteiger partial charge is 0.352 e. The van der Waals surface area contributed by atoms with Crippen molar-refractivity contribution in [3.63, 3.8) is 0 Å². The molecule has 5 nitrogen and oxygen atoms in total. The minimum Gasteiger partial charge on any atom is -0.352 e. The molecule has 2 aromatic carbocycles. The van der Waals surface area contributed by atoms with Crippen molar-refractivity contribution in [3.8, 4) is 0 Å². The standard InChI is InChI=1S/C22H25ClFN3O2/c1-15(21(28)26-20-8-7-18(23)13-19(20)24)27-11-9-17(10-12-27)22(29)25-14-16-5-3-2-4-6-16/h2-8,13,15,17H,9-12,14H2,1H3,(H,25,29)(H,26,28)/t15-/m1/s1. The van der Waals surface area contributed by atoms with Crippen LogP contribution in [0.5, 0.6) is 0 Å². The van der Waals surface area contributed by atoms with Gasteiger partial charge in [-0.15, -0.1) is 0 Å². The number of likely N-dealkylation sites (tertiary alicyclic amines) is 1. The van der Waals surface area contributed by atoms with Gasteiger partial charge in [0.1, 0.15) is 5.82 Å². The highest BCUT2D eigenvalue weighted by molar-refractivity contribution is 6.30. The minimum absolute atomic E-state index is 0.0499. The zero-order valence-electron chi connectivity index (χ0n) is 16.3. The normalized spacial score (nSPS) is 16.2. The Morgan fingerprint density at radius 3 is 2.52 bits per heavy atom. The predicted octanol–water partition coefficient (Wildman–Crippen LogP) is 3.83. The number of carbonyl (C=O) groups excluding carboxylic acids is 2. The molecule has 1 aliphatic rings. The molecule has 7 heteroatoms. The molecule has 2 amide bonds. The van der Waals surface area contributed by atoms with Gasteiger partial charge < -0.3 is 10.6 Å². The van der Waals surface area contributed by atoms with Crippen LogP contribution in [0.25, 0.3) is 0 Å². The molecular formula is C22H25ClFN3O2. The number of anilines is 1. The molecule has 0 spiro atoms. The van der Waals surface area contributed by atoms with E-state index in [-0.39, 0.29) is 28.4 Å². The van der Waals surface area contributed by atoms with Crippen LogP contribution in [0.1, 0.15) is 25.3 Å². The highest BCUT2D eigenvalue weighted by atomic mass is 35.5. The van der Waals surface area contributed by atoms with Crippen LogP contribution in [0.3, 0.4) is 0 Å². The van der Waals surface area contributed by atoms with E-state index in [9.17, 15) is 14.0 Å². The zero-order valence-corrected chi connectivity index (χ0v) is 17.1. The molecule has 0 aromatic heterocycles. The Bertz CT molecular complexity index is 854. The Kier molecular flexibility index (Phi) is 7.23. The van der Waals surface area contributed by atoms with Crippen LogP contribution >= 0.6 is 11.6 Å². The van der Waals surface area contributed by atoms with Crippen molar-refractivity contribution in [2.24, 2.45) is 5.92 Å². The summed E-state index contributed by atoms with van der Waals surface area (Å²) in [4.78, 5) is 26.9. The second-order valence-electron chi connectivity index (χ2n) is 7.30. The van der Waals surface area contributed by atoms with Gasteiger partial charge in [-0.2, -0.15) is 0 Å². The maximum absolute atomic E-state index is 13.9. The molecule has 1 aliphatic heterocycles. The van der Waals surface area contributed by atoms with Crippen LogP contribution in [-0.2, 0) is 16.1 Å². The summed E-state index contributed by atoms with van der Waals surface area (Å²) in [5.74, 6) is -0.849. The van der Waals surface area contributed by atoms with Crippen molar-refractivity contribution >= 4 is 29.1 Å². The van der Waals surface area contributed by atoms with Gasteiger partial charge in [-0.05, 0) is 56.6 Å². The van der Waals surface area contributed by atoms with Crippen LogP contribution in [0.4, 0.5) is 10.1 Å². The van der Waals surface area contributed by atoms with Crippen molar-refractivity contribution in [1.29, 1.82) is 0 Å². The van der Waals surface area contributed by atoms with Gasteiger partial charge in [-0.1, -0.05) is 41.9 Å². The third-order valence-corrected chi connectivity index (χ3v) is 5.56. The molecule has 0 radical (unpaired) electrons. The van der Waals surface area contributed by atoms with Crippen molar-refractivity contribution < 1.29 is 14.0 Å². The smallest absolute Gasteiger partial charge is 0.241 e. The van der Waals surface area contributed by atoms with Gasteiger partial charge in [0.2, 0.25) is 11.8 Å². The Hall–Kier alpha value is -2.44. The van der Waals surface area contributed by atoms with Crippen LogP contribution < -0.4 is 10.6 Å². The Balaban J connectivity index is 1.46. The number of rotatable bonds is 6. The van der Waals surface area contributed by atoms with E-state index in [2.05, 4.69) is 10.6 Å². The summed E-state index contributed by atoms with van der Waals surface area (Å²) in [5, 5.41) is 5.88. The maximum Gasteiger partial charge on any atom is 0.241 e. The second-order valence-corrected chi connectivity index (χ2v) is 7.74. The third-order valence-electron chi connectivity index (χ3n) is 5.33. The summed E-state index contributed by atoms with van der Waals surface area (Å²) < 4.78 is 13.9. The molecule has 3 rings (SSSR count). The monoisotopic (exact) mass is 417 g/mol. The van der Waals surface area contributed by atoms with Crippen LogP contribution in [0, 0.1) is 11.7 Å². The molecule has 1 fully saturated rings. The first-order valence-electron chi connectivity index (χ1n) is 9.75. The summed E-state index contributed by atoms with van der Waals surface area (Å²) in [6.45, 7) is 3.59. The fourth-order valence-electron chi connectivity index (χ4n) is 3.47. The van der Waals surface area contributed by atoms with Gasteiger partial charge in [0, 0.05) is 17.5 Å². The third kappa shape index (κ3) is 5.78. The molecule has 1 atom stereocenters. The van der Waals surface area contributed by atoms with E-state index in [4.69, 9.17) is 11.6 Å². The molecule has 0 aliphatic carbocycles. The molecule has 29 heavy (non-hydrogen) atoms. The predicted molar refractivity (Wildman–Crippen MR) is 112 cm³/mol. The van der Waals surface area contributed by atoms with E-state index in [0.29, 0.717) is 32.5 Å². The lowest BCUT2D eigenvalue weighted by Crippen LogP contribution is -2.48. The summed E-state index contributed by atoms with van der Waals surface area (Å²) in [5.41, 5.74) is 1.18.